The number of fused-ring (bicyclic) bond motifs is 1. The molecule has 2 aliphatic heterocycles. The Morgan fingerprint density at radius 2 is 2.00 bits per heavy atom. The van der Waals surface area contributed by atoms with Crippen LogP contribution in [0.2, 0.25) is 0 Å². The van der Waals surface area contributed by atoms with Gasteiger partial charge in [0.2, 0.25) is 5.95 Å². The Bertz CT molecular complexity index is 848. The second-order valence-corrected chi connectivity index (χ2v) is 7.33. The smallest absolute Gasteiger partial charge is 0.409 e. The van der Waals surface area contributed by atoms with E-state index in [1.54, 1.807) is 4.90 Å². The lowest BCUT2D eigenvalue weighted by atomic mass is 10.1. The SMILES string of the molecule is CCOC(=O)N1CCC(Nc2nc(C)cc(N3CCc4ccccc43)n2)CC1. The number of hydrogen-bond acceptors (Lipinski definition) is 6. The highest BCUT2D eigenvalue weighted by Crippen LogP contribution is 2.33. The molecule has 1 amide bonds. The zero-order valence-corrected chi connectivity index (χ0v) is 16.5. The third-order valence-corrected chi connectivity index (χ3v) is 5.36. The van der Waals surface area contributed by atoms with E-state index in [1.807, 2.05) is 19.9 Å². The fraction of sp³-hybridized carbons (Fsp3) is 0.476. The number of anilines is 3. The summed E-state index contributed by atoms with van der Waals surface area (Å²) in [4.78, 5) is 25.3. The molecule has 7 nitrogen and oxygen atoms in total. The topological polar surface area (TPSA) is 70.6 Å². The van der Waals surface area contributed by atoms with E-state index in [1.165, 1.54) is 11.3 Å². The minimum atomic E-state index is -0.220. The maximum absolute atomic E-state index is 11.9. The molecule has 0 bridgehead atoms. The number of para-hydroxylation sites is 1. The second kappa shape index (κ2) is 8.04. The Kier molecular flexibility index (Phi) is 5.32. The third-order valence-electron chi connectivity index (χ3n) is 5.36. The minimum absolute atomic E-state index is 0.220. The van der Waals surface area contributed by atoms with Gasteiger partial charge in [-0.15, -0.1) is 0 Å². The summed E-state index contributed by atoms with van der Waals surface area (Å²) in [5.74, 6) is 1.60. The average Bonchev–Trinajstić information content (AvgIpc) is 3.12. The van der Waals surface area contributed by atoms with E-state index in [4.69, 9.17) is 9.72 Å². The van der Waals surface area contributed by atoms with E-state index in [2.05, 4.69) is 39.5 Å². The summed E-state index contributed by atoms with van der Waals surface area (Å²) in [6, 6.07) is 10.8. The highest BCUT2D eigenvalue weighted by Gasteiger charge is 2.25. The lowest BCUT2D eigenvalue weighted by Gasteiger charge is -2.31. The summed E-state index contributed by atoms with van der Waals surface area (Å²) in [5, 5.41) is 3.47. The van der Waals surface area contributed by atoms with Gasteiger partial charge in [-0.2, -0.15) is 4.98 Å². The first-order valence-electron chi connectivity index (χ1n) is 10.0. The summed E-state index contributed by atoms with van der Waals surface area (Å²) < 4.78 is 5.09. The molecule has 28 heavy (non-hydrogen) atoms. The van der Waals surface area contributed by atoms with E-state index < -0.39 is 0 Å². The minimum Gasteiger partial charge on any atom is -0.450 e. The van der Waals surface area contributed by atoms with Crippen molar-refractivity contribution >= 4 is 23.5 Å². The Morgan fingerprint density at radius 3 is 2.79 bits per heavy atom. The molecule has 0 spiro atoms. The first kappa shape index (κ1) is 18.5. The van der Waals surface area contributed by atoms with Crippen LogP contribution < -0.4 is 10.2 Å². The van der Waals surface area contributed by atoms with Crippen LogP contribution in [0, 0.1) is 6.92 Å². The van der Waals surface area contributed by atoms with E-state index in [0.29, 0.717) is 25.6 Å². The van der Waals surface area contributed by atoms with Crippen LogP contribution in [0.1, 0.15) is 31.0 Å². The second-order valence-electron chi connectivity index (χ2n) is 7.33. The van der Waals surface area contributed by atoms with Gasteiger partial charge in [-0.05, 0) is 44.7 Å². The Morgan fingerprint density at radius 1 is 1.21 bits per heavy atom. The maximum Gasteiger partial charge on any atom is 0.409 e. The lowest BCUT2D eigenvalue weighted by molar-refractivity contribution is 0.0983. The molecule has 148 valence electrons. The number of rotatable bonds is 4. The number of hydrogen-bond donors (Lipinski definition) is 1. The van der Waals surface area contributed by atoms with Crippen LogP contribution in [0.3, 0.4) is 0 Å². The summed E-state index contributed by atoms with van der Waals surface area (Å²) in [7, 11) is 0. The number of ether oxygens (including phenoxy) is 1. The standard InChI is InChI=1S/C21H27N5O2/c1-3-28-21(27)25-11-9-17(10-12-25)23-20-22-15(2)14-19(24-20)26-13-8-16-6-4-5-7-18(16)26/h4-7,14,17H,3,8-13H2,1-2H3,(H,22,23,24). The summed E-state index contributed by atoms with van der Waals surface area (Å²) >= 11 is 0. The molecule has 0 saturated carbocycles. The van der Waals surface area contributed by atoms with Gasteiger partial charge in [0, 0.05) is 43.1 Å². The monoisotopic (exact) mass is 381 g/mol. The molecule has 7 heteroatoms. The van der Waals surface area contributed by atoms with Crippen LogP contribution in [0.15, 0.2) is 30.3 Å². The van der Waals surface area contributed by atoms with Crippen LogP contribution in [0.5, 0.6) is 0 Å². The Labute approximate surface area is 165 Å². The van der Waals surface area contributed by atoms with Gasteiger partial charge in [-0.1, -0.05) is 18.2 Å². The van der Waals surface area contributed by atoms with Gasteiger partial charge in [0.1, 0.15) is 5.82 Å². The normalized spacial score (nSPS) is 16.8. The van der Waals surface area contributed by atoms with Gasteiger partial charge in [-0.25, -0.2) is 9.78 Å². The molecule has 2 aliphatic rings. The predicted molar refractivity (Wildman–Crippen MR) is 109 cm³/mol. The molecule has 3 heterocycles. The molecule has 1 aromatic heterocycles. The van der Waals surface area contributed by atoms with Gasteiger partial charge >= 0.3 is 6.09 Å². The van der Waals surface area contributed by atoms with Crippen molar-refractivity contribution in [2.24, 2.45) is 0 Å². The summed E-state index contributed by atoms with van der Waals surface area (Å²) in [6.45, 7) is 6.56. The Hall–Kier alpha value is -2.83. The molecule has 1 saturated heterocycles. The number of benzene rings is 1. The first-order valence-corrected chi connectivity index (χ1v) is 10.0. The number of aromatic nitrogens is 2. The molecule has 1 fully saturated rings. The fourth-order valence-electron chi connectivity index (χ4n) is 3.93. The van der Waals surface area contributed by atoms with Crippen molar-refractivity contribution in [1.29, 1.82) is 0 Å². The molecule has 0 atom stereocenters. The number of likely N-dealkylation sites (tertiary alicyclic amines) is 1. The predicted octanol–water partition coefficient (Wildman–Crippen LogP) is 3.51. The van der Waals surface area contributed by atoms with Crippen molar-refractivity contribution in [1.82, 2.24) is 14.9 Å². The van der Waals surface area contributed by atoms with Crippen molar-refractivity contribution in [2.45, 2.75) is 39.2 Å². The number of piperidine rings is 1. The number of nitrogens with zero attached hydrogens (tertiary/aromatic N) is 4. The average molecular weight is 381 g/mol. The van der Waals surface area contributed by atoms with Crippen molar-refractivity contribution in [3.8, 4) is 0 Å². The van der Waals surface area contributed by atoms with Crippen molar-refractivity contribution in [3.63, 3.8) is 0 Å². The molecule has 0 aliphatic carbocycles. The molecular weight excluding hydrogens is 354 g/mol. The van der Waals surface area contributed by atoms with Gasteiger partial charge in [0.25, 0.3) is 0 Å². The lowest BCUT2D eigenvalue weighted by Crippen LogP contribution is -2.42. The largest absolute Gasteiger partial charge is 0.450 e. The molecule has 1 aromatic carbocycles. The van der Waals surface area contributed by atoms with Crippen LogP contribution in [0.25, 0.3) is 0 Å². The highest BCUT2D eigenvalue weighted by atomic mass is 16.6. The molecule has 1 N–H and O–H groups in total. The van der Waals surface area contributed by atoms with Crippen molar-refractivity contribution in [3.05, 3.63) is 41.6 Å². The zero-order chi connectivity index (χ0) is 19.5. The van der Waals surface area contributed by atoms with E-state index in [9.17, 15) is 4.79 Å². The van der Waals surface area contributed by atoms with Crippen LogP contribution in [-0.2, 0) is 11.2 Å². The molecular formula is C21H27N5O2. The van der Waals surface area contributed by atoms with Gasteiger partial charge in [0.15, 0.2) is 0 Å². The quantitative estimate of drug-likeness (QED) is 0.874. The number of amides is 1. The summed E-state index contributed by atoms with van der Waals surface area (Å²) in [5.41, 5.74) is 3.54. The van der Waals surface area contributed by atoms with Gasteiger partial charge in [-0.3, -0.25) is 0 Å². The van der Waals surface area contributed by atoms with Gasteiger partial charge in [0.05, 0.1) is 6.61 Å². The maximum atomic E-state index is 11.9. The van der Waals surface area contributed by atoms with E-state index in [0.717, 1.165) is 37.3 Å². The molecule has 2 aromatic rings. The third kappa shape index (κ3) is 3.88. The van der Waals surface area contributed by atoms with Crippen LogP contribution >= 0.6 is 0 Å². The van der Waals surface area contributed by atoms with Crippen molar-refractivity contribution in [2.75, 3.05) is 36.5 Å². The fourth-order valence-corrected chi connectivity index (χ4v) is 3.93. The highest BCUT2D eigenvalue weighted by molar-refractivity contribution is 5.68. The molecule has 4 rings (SSSR count). The Balaban J connectivity index is 1.44. The summed E-state index contributed by atoms with van der Waals surface area (Å²) in [6.07, 6.45) is 2.53. The molecule has 0 radical (unpaired) electrons. The number of carbonyl (C=O) groups excluding carboxylic acids is 1. The first-order chi connectivity index (χ1) is 13.6. The molecule has 0 unspecified atom stereocenters. The zero-order valence-electron chi connectivity index (χ0n) is 16.5. The number of aryl methyl sites for hydroxylation is 1. The van der Waals surface area contributed by atoms with Gasteiger partial charge < -0.3 is 19.9 Å². The van der Waals surface area contributed by atoms with Crippen LogP contribution in [0.4, 0.5) is 22.2 Å². The van der Waals surface area contributed by atoms with E-state index in [-0.39, 0.29) is 12.1 Å². The number of nitrogens with one attached hydrogen (secondary N) is 1. The van der Waals surface area contributed by atoms with E-state index >= 15 is 0 Å². The number of carbonyl (C=O) groups is 1. The van der Waals surface area contributed by atoms with Crippen molar-refractivity contribution < 1.29 is 9.53 Å². The van der Waals surface area contributed by atoms with Crippen LogP contribution in [-0.4, -0.2) is 53.2 Å².